The van der Waals surface area contributed by atoms with Gasteiger partial charge in [0, 0.05) is 35.3 Å². The van der Waals surface area contributed by atoms with E-state index in [1.54, 1.807) is 12.4 Å². The molecule has 3 N–H and O–H groups in total. The van der Waals surface area contributed by atoms with Crippen molar-refractivity contribution in [3.8, 4) is 6.19 Å². The van der Waals surface area contributed by atoms with E-state index in [0.717, 1.165) is 28.7 Å². The third-order valence-corrected chi connectivity index (χ3v) is 5.01. The average Bonchev–Trinajstić information content (AvgIpc) is 2.79. The Hall–Kier alpha value is -3.99. The maximum atomic E-state index is 12.6. The highest BCUT2D eigenvalue weighted by molar-refractivity contribution is 6.02. The molecule has 33 heavy (non-hydrogen) atoms. The lowest BCUT2D eigenvalue weighted by Gasteiger charge is -2.29. The maximum Gasteiger partial charge on any atom is 0.221 e. The molecule has 1 amide bonds. The number of aryl methyl sites for hydroxylation is 1. The second-order valence-electron chi connectivity index (χ2n) is 8.73. The smallest absolute Gasteiger partial charge is 0.221 e. The molecule has 0 saturated heterocycles. The van der Waals surface area contributed by atoms with Gasteiger partial charge in [-0.2, -0.15) is 5.26 Å². The third-order valence-electron chi connectivity index (χ3n) is 5.01. The van der Waals surface area contributed by atoms with E-state index in [1.165, 1.54) is 0 Å². The van der Waals surface area contributed by atoms with Crippen LogP contribution in [0.4, 0.5) is 5.69 Å². The first-order valence-corrected chi connectivity index (χ1v) is 10.9. The number of aromatic nitrogens is 2. The number of hydrogen-bond donors (Lipinski definition) is 3. The second kappa shape index (κ2) is 11.0. The van der Waals surface area contributed by atoms with E-state index >= 15 is 0 Å². The highest BCUT2D eigenvalue weighted by atomic mass is 16.1. The van der Waals surface area contributed by atoms with Crippen molar-refractivity contribution in [2.75, 3.05) is 5.32 Å². The summed E-state index contributed by atoms with van der Waals surface area (Å²) in [5, 5.41) is 19.0. The minimum absolute atomic E-state index is 0.0970. The number of benzene rings is 1. The van der Waals surface area contributed by atoms with Crippen molar-refractivity contribution in [3.63, 3.8) is 0 Å². The zero-order valence-electron chi connectivity index (χ0n) is 19.2. The molecule has 8 heteroatoms. The van der Waals surface area contributed by atoms with Crippen molar-refractivity contribution in [2.24, 2.45) is 10.4 Å². The molecular weight excluding hydrogens is 414 g/mol. The van der Waals surface area contributed by atoms with Gasteiger partial charge in [-0.1, -0.05) is 32.9 Å². The number of nitriles is 1. The van der Waals surface area contributed by atoms with Gasteiger partial charge in [-0.15, -0.1) is 0 Å². The molecule has 0 fully saturated rings. The van der Waals surface area contributed by atoms with Crippen LogP contribution in [0.15, 0.2) is 65.9 Å². The third kappa shape index (κ3) is 7.01. The average molecular weight is 444 g/mol. The monoisotopic (exact) mass is 443 g/mol. The van der Waals surface area contributed by atoms with E-state index in [-0.39, 0.29) is 17.3 Å². The summed E-state index contributed by atoms with van der Waals surface area (Å²) in [7, 11) is 0. The van der Waals surface area contributed by atoms with E-state index in [4.69, 9.17) is 0 Å². The van der Waals surface area contributed by atoms with Gasteiger partial charge in [0.05, 0.1) is 11.2 Å². The van der Waals surface area contributed by atoms with Gasteiger partial charge in [0.2, 0.25) is 11.9 Å². The van der Waals surface area contributed by atoms with Crippen molar-refractivity contribution in [1.29, 1.82) is 5.26 Å². The molecule has 3 aromatic rings. The predicted octanol–water partition coefficient (Wildman–Crippen LogP) is 3.98. The summed E-state index contributed by atoms with van der Waals surface area (Å²) in [6, 6.07) is 15.2. The molecule has 0 saturated carbocycles. The second-order valence-corrected chi connectivity index (χ2v) is 8.73. The summed E-state index contributed by atoms with van der Waals surface area (Å²) in [5.41, 5.74) is 2.18. The summed E-state index contributed by atoms with van der Waals surface area (Å²) in [5.74, 6) is 0.155. The Kier molecular flexibility index (Phi) is 7.92. The number of nitrogens with one attached hydrogen (secondary N) is 3. The molecular formula is C25H29N7O. The Morgan fingerprint density at radius 1 is 1.09 bits per heavy atom. The van der Waals surface area contributed by atoms with Crippen LogP contribution in [0.5, 0.6) is 0 Å². The summed E-state index contributed by atoms with van der Waals surface area (Å²) < 4.78 is 0. The van der Waals surface area contributed by atoms with Crippen LogP contribution in [0.25, 0.3) is 10.9 Å². The number of pyridine rings is 2. The van der Waals surface area contributed by atoms with Gasteiger partial charge in [-0.3, -0.25) is 20.1 Å². The lowest BCUT2D eigenvalue weighted by atomic mass is 9.92. The minimum atomic E-state index is -0.545. The molecule has 8 nitrogen and oxygen atoms in total. The number of carbonyl (C=O) groups is 1. The Labute approximate surface area is 194 Å². The molecule has 3 rings (SSSR count). The Morgan fingerprint density at radius 2 is 1.91 bits per heavy atom. The number of hydrogen-bond acceptors (Lipinski definition) is 5. The zero-order chi connectivity index (χ0) is 23.7. The van der Waals surface area contributed by atoms with Crippen LogP contribution in [0.2, 0.25) is 0 Å². The standard InChI is InChI=1S/C25H29N7O/c1-25(2,3)23(31-22(33)14-6-10-18-9-4-5-15-27-18)32-24(29-17-26)30-21-13-7-12-20-19(21)11-8-16-28-20/h4-5,7-9,11-13,15-16,23H,6,10,14H2,1-3H3,(H,31,33)(H2,29,30,32). The lowest BCUT2D eigenvalue weighted by molar-refractivity contribution is -0.122. The Balaban J connectivity index is 1.73. The van der Waals surface area contributed by atoms with Crippen LogP contribution in [0.1, 0.15) is 39.3 Å². The molecule has 0 radical (unpaired) electrons. The predicted molar refractivity (Wildman–Crippen MR) is 130 cm³/mol. The minimum Gasteiger partial charge on any atom is -0.334 e. The largest absolute Gasteiger partial charge is 0.334 e. The molecule has 0 aliphatic carbocycles. The van der Waals surface area contributed by atoms with Crippen molar-refractivity contribution in [3.05, 3.63) is 66.6 Å². The quantitative estimate of drug-likeness (QED) is 0.220. The van der Waals surface area contributed by atoms with Crippen LogP contribution in [-0.2, 0) is 11.2 Å². The SMILES string of the molecule is CC(C)(C)C(N=C(NC#N)Nc1cccc2ncccc12)NC(=O)CCCc1ccccn1. The molecule has 0 aliphatic heterocycles. The van der Waals surface area contributed by atoms with Crippen LogP contribution < -0.4 is 16.0 Å². The zero-order valence-corrected chi connectivity index (χ0v) is 19.2. The molecule has 1 atom stereocenters. The van der Waals surface area contributed by atoms with Gasteiger partial charge < -0.3 is 10.6 Å². The molecule has 0 spiro atoms. The van der Waals surface area contributed by atoms with E-state index < -0.39 is 6.17 Å². The van der Waals surface area contributed by atoms with Gasteiger partial charge in [-0.05, 0) is 49.2 Å². The van der Waals surface area contributed by atoms with Crippen molar-refractivity contribution in [1.82, 2.24) is 20.6 Å². The first kappa shape index (κ1) is 23.7. The summed E-state index contributed by atoms with van der Waals surface area (Å²) in [4.78, 5) is 26.0. The summed E-state index contributed by atoms with van der Waals surface area (Å²) in [6.07, 6.45) is 6.64. The van der Waals surface area contributed by atoms with Crippen LogP contribution >= 0.6 is 0 Å². The molecule has 0 bridgehead atoms. The van der Waals surface area contributed by atoms with Crippen LogP contribution in [0.3, 0.4) is 0 Å². The number of rotatable bonds is 7. The highest BCUT2D eigenvalue weighted by Crippen LogP contribution is 2.23. The topological polar surface area (TPSA) is 115 Å². The normalized spacial score (nSPS) is 12.6. The van der Waals surface area contributed by atoms with E-state index in [9.17, 15) is 10.1 Å². The van der Waals surface area contributed by atoms with Gasteiger partial charge in [0.15, 0.2) is 6.19 Å². The number of amides is 1. The van der Waals surface area contributed by atoms with Gasteiger partial charge in [0.1, 0.15) is 6.17 Å². The first-order chi connectivity index (χ1) is 15.9. The number of fused-ring (bicyclic) bond motifs is 1. The number of nitrogens with zero attached hydrogens (tertiary/aromatic N) is 4. The maximum absolute atomic E-state index is 12.6. The van der Waals surface area contributed by atoms with E-state index in [0.29, 0.717) is 12.8 Å². The first-order valence-electron chi connectivity index (χ1n) is 10.9. The van der Waals surface area contributed by atoms with Crippen LogP contribution in [-0.4, -0.2) is 28.0 Å². The molecule has 1 aromatic carbocycles. The molecule has 0 aliphatic rings. The number of aliphatic imine (C=N–C) groups is 1. The summed E-state index contributed by atoms with van der Waals surface area (Å²) >= 11 is 0. The van der Waals surface area contributed by atoms with Gasteiger partial charge in [0.25, 0.3) is 0 Å². The molecule has 1 unspecified atom stereocenters. The molecule has 170 valence electrons. The fourth-order valence-corrected chi connectivity index (χ4v) is 3.26. The summed E-state index contributed by atoms with van der Waals surface area (Å²) in [6.45, 7) is 5.96. The van der Waals surface area contributed by atoms with Gasteiger partial charge >= 0.3 is 0 Å². The number of guanidine groups is 1. The molecule has 2 heterocycles. The highest BCUT2D eigenvalue weighted by Gasteiger charge is 2.26. The lowest BCUT2D eigenvalue weighted by Crippen LogP contribution is -2.44. The van der Waals surface area contributed by atoms with E-state index in [1.807, 2.05) is 75.5 Å². The Bertz CT molecular complexity index is 1140. The fraction of sp³-hybridized carbons (Fsp3) is 0.320. The number of anilines is 1. The number of carbonyl (C=O) groups excluding carboxylic acids is 1. The van der Waals surface area contributed by atoms with Crippen LogP contribution in [0, 0.1) is 16.9 Å². The van der Waals surface area contributed by atoms with Crippen molar-refractivity contribution < 1.29 is 4.79 Å². The van der Waals surface area contributed by atoms with Crippen molar-refractivity contribution >= 4 is 28.5 Å². The fourth-order valence-electron chi connectivity index (χ4n) is 3.26. The molecule has 2 aromatic heterocycles. The van der Waals surface area contributed by atoms with Gasteiger partial charge in [-0.25, -0.2) is 4.99 Å². The Morgan fingerprint density at radius 3 is 2.64 bits per heavy atom. The van der Waals surface area contributed by atoms with Crippen molar-refractivity contribution in [2.45, 2.75) is 46.2 Å². The van der Waals surface area contributed by atoms with E-state index in [2.05, 4.69) is 30.9 Å².